The fourth-order valence-electron chi connectivity index (χ4n) is 2.19. The molecule has 2 aromatic rings. The maximum atomic E-state index is 12.4. The molecule has 1 fully saturated rings. The average molecular weight is 277 g/mol. The summed E-state index contributed by atoms with van der Waals surface area (Å²) in [5.41, 5.74) is 6.81. The topological polar surface area (TPSA) is 85.1 Å². The molecule has 0 atom stereocenters. The molecule has 100 valence electrons. The molecule has 0 amide bonds. The lowest BCUT2D eigenvalue weighted by Crippen LogP contribution is -2.39. The standard InChI is InChI=1S/C13H15N3O2S/c14-11-6-7-12(13-10(11)5-2-8-15-13)19(17,18)16-9-3-1-4-9/h2,5-9,16H,1,3-4,14H2. The summed E-state index contributed by atoms with van der Waals surface area (Å²) in [5, 5.41) is 0.666. The lowest BCUT2D eigenvalue weighted by Gasteiger charge is -2.26. The van der Waals surface area contributed by atoms with E-state index in [9.17, 15) is 8.42 Å². The minimum absolute atomic E-state index is 0.0568. The first-order valence-electron chi connectivity index (χ1n) is 6.23. The minimum atomic E-state index is -3.53. The van der Waals surface area contributed by atoms with E-state index in [0.717, 1.165) is 19.3 Å². The van der Waals surface area contributed by atoms with Gasteiger partial charge >= 0.3 is 0 Å². The fraction of sp³-hybridized carbons (Fsp3) is 0.308. The third-order valence-corrected chi connectivity index (χ3v) is 5.03. The Bertz CT molecular complexity index is 724. The number of fused-ring (bicyclic) bond motifs is 1. The molecule has 19 heavy (non-hydrogen) atoms. The predicted molar refractivity (Wildman–Crippen MR) is 74.1 cm³/mol. The number of pyridine rings is 1. The van der Waals surface area contributed by atoms with Gasteiger partial charge in [0.05, 0.1) is 5.52 Å². The number of nitrogens with two attached hydrogens (primary N) is 1. The highest BCUT2D eigenvalue weighted by molar-refractivity contribution is 7.89. The zero-order valence-corrected chi connectivity index (χ0v) is 11.2. The number of hydrogen-bond acceptors (Lipinski definition) is 4. The van der Waals surface area contributed by atoms with Crippen LogP contribution in [0.4, 0.5) is 5.69 Å². The highest BCUT2D eigenvalue weighted by Gasteiger charge is 2.26. The van der Waals surface area contributed by atoms with E-state index in [0.29, 0.717) is 16.6 Å². The van der Waals surface area contributed by atoms with Crippen molar-refractivity contribution in [1.82, 2.24) is 9.71 Å². The van der Waals surface area contributed by atoms with E-state index >= 15 is 0 Å². The Morgan fingerprint density at radius 2 is 2.05 bits per heavy atom. The number of nitrogens with one attached hydrogen (secondary N) is 1. The second kappa shape index (κ2) is 4.47. The molecule has 0 radical (unpaired) electrons. The van der Waals surface area contributed by atoms with Crippen LogP contribution in [0.3, 0.4) is 0 Å². The number of anilines is 1. The van der Waals surface area contributed by atoms with Crippen LogP contribution in [0, 0.1) is 0 Å². The lowest BCUT2D eigenvalue weighted by atomic mass is 9.94. The number of nitrogens with zero attached hydrogens (tertiary/aromatic N) is 1. The zero-order valence-electron chi connectivity index (χ0n) is 10.3. The highest BCUT2D eigenvalue weighted by Crippen LogP contribution is 2.27. The molecule has 3 N–H and O–H groups in total. The van der Waals surface area contributed by atoms with E-state index in [1.54, 1.807) is 24.4 Å². The summed E-state index contributed by atoms with van der Waals surface area (Å²) in [7, 11) is -3.53. The van der Waals surface area contributed by atoms with E-state index in [1.807, 2.05) is 0 Å². The van der Waals surface area contributed by atoms with Crippen LogP contribution in [-0.2, 0) is 10.0 Å². The molecule has 1 aliphatic carbocycles. The highest BCUT2D eigenvalue weighted by atomic mass is 32.2. The van der Waals surface area contributed by atoms with Crippen LogP contribution >= 0.6 is 0 Å². The maximum Gasteiger partial charge on any atom is 0.242 e. The van der Waals surface area contributed by atoms with Crippen molar-refractivity contribution in [1.29, 1.82) is 0 Å². The smallest absolute Gasteiger partial charge is 0.242 e. The first-order valence-corrected chi connectivity index (χ1v) is 7.72. The van der Waals surface area contributed by atoms with E-state index in [-0.39, 0.29) is 10.9 Å². The summed E-state index contributed by atoms with van der Waals surface area (Å²) in [6.45, 7) is 0. The number of benzene rings is 1. The Kier molecular flexibility index (Phi) is 2.91. The van der Waals surface area contributed by atoms with E-state index in [4.69, 9.17) is 5.73 Å². The maximum absolute atomic E-state index is 12.4. The SMILES string of the molecule is Nc1ccc(S(=O)(=O)NC2CCC2)c2ncccc12. The van der Waals surface area contributed by atoms with Crippen molar-refractivity contribution in [3.8, 4) is 0 Å². The fourth-order valence-corrected chi connectivity index (χ4v) is 3.66. The third kappa shape index (κ3) is 2.17. The van der Waals surface area contributed by atoms with Gasteiger partial charge < -0.3 is 5.73 Å². The van der Waals surface area contributed by atoms with Crippen molar-refractivity contribution in [2.24, 2.45) is 0 Å². The van der Waals surface area contributed by atoms with Crippen LogP contribution in [0.2, 0.25) is 0 Å². The second-order valence-electron chi connectivity index (χ2n) is 4.80. The lowest BCUT2D eigenvalue weighted by molar-refractivity contribution is 0.383. The normalized spacial score (nSPS) is 16.4. The first kappa shape index (κ1) is 12.4. The molecule has 1 aromatic heterocycles. The molecule has 1 saturated carbocycles. The number of hydrogen-bond donors (Lipinski definition) is 2. The van der Waals surface area contributed by atoms with Crippen LogP contribution in [0.5, 0.6) is 0 Å². The van der Waals surface area contributed by atoms with E-state index in [1.165, 1.54) is 6.07 Å². The Morgan fingerprint density at radius 3 is 2.74 bits per heavy atom. The van der Waals surface area contributed by atoms with Crippen LogP contribution in [0.1, 0.15) is 19.3 Å². The van der Waals surface area contributed by atoms with Gasteiger partial charge in [-0.25, -0.2) is 13.1 Å². The molecular formula is C13H15N3O2S. The van der Waals surface area contributed by atoms with Gasteiger partial charge in [-0.05, 0) is 37.1 Å². The quantitative estimate of drug-likeness (QED) is 0.835. The number of sulfonamides is 1. The number of rotatable bonds is 3. The molecular weight excluding hydrogens is 262 g/mol. The molecule has 0 bridgehead atoms. The van der Waals surface area contributed by atoms with Crippen molar-refractivity contribution < 1.29 is 8.42 Å². The molecule has 1 heterocycles. The minimum Gasteiger partial charge on any atom is -0.398 e. The van der Waals surface area contributed by atoms with Gasteiger partial charge in [0.2, 0.25) is 10.0 Å². The van der Waals surface area contributed by atoms with Gasteiger partial charge in [0.25, 0.3) is 0 Å². The largest absolute Gasteiger partial charge is 0.398 e. The molecule has 0 aliphatic heterocycles. The molecule has 5 nitrogen and oxygen atoms in total. The Morgan fingerprint density at radius 1 is 1.26 bits per heavy atom. The average Bonchev–Trinajstić information content (AvgIpc) is 2.35. The molecule has 1 aromatic carbocycles. The van der Waals surface area contributed by atoms with Gasteiger partial charge in [0, 0.05) is 23.3 Å². The molecule has 6 heteroatoms. The van der Waals surface area contributed by atoms with Crippen molar-refractivity contribution >= 4 is 26.6 Å². The molecule has 0 spiro atoms. The van der Waals surface area contributed by atoms with Crippen LogP contribution < -0.4 is 10.5 Å². The predicted octanol–water partition coefficient (Wildman–Crippen LogP) is 1.65. The zero-order chi connectivity index (χ0) is 13.5. The van der Waals surface area contributed by atoms with Gasteiger partial charge in [-0.3, -0.25) is 4.98 Å². The summed E-state index contributed by atoms with van der Waals surface area (Å²) < 4.78 is 27.4. The van der Waals surface area contributed by atoms with Gasteiger partial charge in [0.15, 0.2) is 0 Å². The van der Waals surface area contributed by atoms with E-state index < -0.39 is 10.0 Å². The summed E-state index contributed by atoms with van der Waals surface area (Å²) in [4.78, 5) is 4.36. The summed E-state index contributed by atoms with van der Waals surface area (Å²) in [5.74, 6) is 0. The summed E-state index contributed by atoms with van der Waals surface area (Å²) >= 11 is 0. The Labute approximate surface area is 111 Å². The van der Waals surface area contributed by atoms with Gasteiger partial charge in [-0.1, -0.05) is 6.42 Å². The first-order chi connectivity index (χ1) is 9.08. The van der Waals surface area contributed by atoms with Crippen molar-refractivity contribution in [2.45, 2.75) is 30.2 Å². The van der Waals surface area contributed by atoms with Crippen LogP contribution in [0.15, 0.2) is 35.4 Å². The van der Waals surface area contributed by atoms with Crippen LogP contribution in [-0.4, -0.2) is 19.4 Å². The van der Waals surface area contributed by atoms with Crippen molar-refractivity contribution in [3.05, 3.63) is 30.5 Å². The molecule has 0 saturated heterocycles. The Hall–Kier alpha value is -1.66. The van der Waals surface area contributed by atoms with Gasteiger partial charge in [-0.15, -0.1) is 0 Å². The second-order valence-corrected chi connectivity index (χ2v) is 6.48. The van der Waals surface area contributed by atoms with Gasteiger partial charge in [-0.2, -0.15) is 0 Å². The van der Waals surface area contributed by atoms with E-state index in [2.05, 4.69) is 9.71 Å². The number of aromatic nitrogens is 1. The summed E-state index contributed by atoms with van der Waals surface area (Å²) in [6.07, 6.45) is 4.46. The van der Waals surface area contributed by atoms with Crippen molar-refractivity contribution in [2.75, 3.05) is 5.73 Å². The molecule has 3 rings (SSSR count). The summed E-state index contributed by atoms with van der Waals surface area (Å²) in [6, 6.07) is 6.71. The molecule has 1 aliphatic rings. The van der Waals surface area contributed by atoms with Gasteiger partial charge in [0.1, 0.15) is 4.90 Å². The molecule has 0 unspecified atom stereocenters. The number of nitrogen functional groups attached to an aromatic ring is 1. The third-order valence-electron chi connectivity index (χ3n) is 3.48. The monoisotopic (exact) mass is 277 g/mol. The van der Waals surface area contributed by atoms with Crippen LogP contribution in [0.25, 0.3) is 10.9 Å². The Balaban J connectivity index is 2.11. The van der Waals surface area contributed by atoms with Crippen molar-refractivity contribution in [3.63, 3.8) is 0 Å².